The molecule has 0 fully saturated rings. The van der Waals surface area contributed by atoms with Crippen LogP contribution < -0.4 is 19.5 Å². The van der Waals surface area contributed by atoms with E-state index in [1.54, 1.807) is 54.6 Å². The second-order valence-corrected chi connectivity index (χ2v) is 7.84. The Kier molecular flexibility index (Phi) is 8.66. The predicted octanol–water partition coefficient (Wildman–Crippen LogP) is 6.12. The quantitative estimate of drug-likeness (QED) is 0.269. The van der Waals surface area contributed by atoms with E-state index in [0.29, 0.717) is 45.1 Å². The van der Waals surface area contributed by atoms with Gasteiger partial charge < -0.3 is 19.5 Å². The molecule has 3 aromatic rings. The largest absolute Gasteiger partial charge is 0.494 e. The summed E-state index contributed by atoms with van der Waals surface area (Å²) in [5, 5.41) is 12.2. The van der Waals surface area contributed by atoms with E-state index in [1.807, 2.05) is 13.0 Å². The van der Waals surface area contributed by atoms with Gasteiger partial charge in [-0.1, -0.05) is 34.1 Å². The first-order valence-corrected chi connectivity index (χ1v) is 11.1. The molecule has 1 amide bonds. The van der Waals surface area contributed by atoms with Gasteiger partial charge in [0.1, 0.15) is 29.8 Å². The smallest absolute Gasteiger partial charge is 0.266 e. The van der Waals surface area contributed by atoms with Gasteiger partial charge in [0.05, 0.1) is 13.7 Å². The number of methoxy groups -OCH3 is 1. The Labute approximate surface area is 205 Å². The van der Waals surface area contributed by atoms with Gasteiger partial charge in [0, 0.05) is 15.7 Å². The minimum atomic E-state index is -0.558. The summed E-state index contributed by atoms with van der Waals surface area (Å²) in [6, 6.07) is 18.4. The first-order chi connectivity index (χ1) is 16.4. The van der Waals surface area contributed by atoms with Crippen LogP contribution in [0, 0.1) is 17.1 Å². The van der Waals surface area contributed by atoms with E-state index in [0.717, 1.165) is 0 Å². The van der Waals surface area contributed by atoms with Crippen molar-refractivity contribution in [2.45, 2.75) is 13.5 Å². The Morgan fingerprint density at radius 3 is 2.50 bits per heavy atom. The van der Waals surface area contributed by atoms with Crippen LogP contribution in [0.3, 0.4) is 0 Å². The molecule has 0 bridgehead atoms. The van der Waals surface area contributed by atoms with Crippen molar-refractivity contribution in [2.75, 3.05) is 19.0 Å². The SMILES string of the molecule is CCOc1ccc(NC(=O)/C(C#N)=C\c2cc(OC)c(OCc3ccccc3F)cc2Br)cc1. The number of nitrogens with zero attached hydrogens (tertiary/aromatic N) is 1. The fraction of sp³-hybridized carbons (Fsp3) is 0.154. The van der Waals surface area contributed by atoms with Crippen molar-refractivity contribution in [3.63, 3.8) is 0 Å². The van der Waals surface area contributed by atoms with E-state index in [4.69, 9.17) is 14.2 Å². The van der Waals surface area contributed by atoms with Crippen LogP contribution in [-0.2, 0) is 11.4 Å². The van der Waals surface area contributed by atoms with Crippen LogP contribution in [-0.4, -0.2) is 19.6 Å². The Balaban J connectivity index is 1.78. The van der Waals surface area contributed by atoms with Crippen molar-refractivity contribution in [2.24, 2.45) is 0 Å². The van der Waals surface area contributed by atoms with Crippen LogP contribution in [0.15, 0.2) is 70.7 Å². The molecule has 0 heterocycles. The third-order valence-electron chi connectivity index (χ3n) is 4.71. The topological polar surface area (TPSA) is 80.6 Å². The van der Waals surface area contributed by atoms with E-state index >= 15 is 0 Å². The average Bonchev–Trinajstić information content (AvgIpc) is 2.84. The van der Waals surface area contributed by atoms with Crippen molar-refractivity contribution in [1.82, 2.24) is 0 Å². The fourth-order valence-electron chi connectivity index (χ4n) is 3.01. The zero-order valence-corrected chi connectivity index (χ0v) is 20.2. The highest BCUT2D eigenvalue weighted by molar-refractivity contribution is 9.10. The highest BCUT2D eigenvalue weighted by atomic mass is 79.9. The van der Waals surface area contributed by atoms with Crippen molar-refractivity contribution in [3.05, 3.63) is 87.7 Å². The molecule has 6 nitrogen and oxygen atoms in total. The maximum absolute atomic E-state index is 13.9. The lowest BCUT2D eigenvalue weighted by Crippen LogP contribution is -2.13. The van der Waals surface area contributed by atoms with Crippen LogP contribution in [0.1, 0.15) is 18.1 Å². The van der Waals surface area contributed by atoms with E-state index in [1.165, 1.54) is 19.3 Å². The van der Waals surface area contributed by atoms with Crippen molar-refractivity contribution >= 4 is 33.6 Å². The number of hydrogen-bond acceptors (Lipinski definition) is 5. The molecule has 0 aliphatic carbocycles. The van der Waals surface area contributed by atoms with Crippen LogP contribution >= 0.6 is 15.9 Å². The van der Waals surface area contributed by atoms with E-state index in [9.17, 15) is 14.4 Å². The molecule has 8 heteroatoms. The van der Waals surface area contributed by atoms with Crippen molar-refractivity contribution < 1.29 is 23.4 Å². The normalized spacial score (nSPS) is 10.9. The minimum Gasteiger partial charge on any atom is -0.494 e. The summed E-state index contributed by atoms with van der Waals surface area (Å²) in [6.07, 6.45) is 1.44. The minimum absolute atomic E-state index is 0.0125. The van der Waals surface area contributed by atoms with Gasteiger partial charge in [-0.05, 0) is 61.0 Å². The molecule has 3 rings (SSSR count). The molecule has 0 spiro atoms. The molecular formula is C26H22BrFN2O4. The second kappa shape index (κ2) is 11.9. The number of hydrogen-bond donors (Lipinski definition) is 1. The molecule has 0 unspecified atom stereocenters. The Hall–Kier alpha value is -3.83. The first kappa shape index (κ1) is 24.8. The number of ether oxygens (including phenoxy) is 3. The number of carbonyl (C=O) groups excluding carboxylic acids is 1. The summed E-state index contributed by atoms with van der Waals surface area (Å²) in [5.41, 5.74) is 1.37. The summed E-state index contributed by atoms with van der Waals surface area (Å²) in [4.78, 5) is 12.6. The highest BCUT2D eigenvalue weighted by Crippen LogP contribution is 2.35. The number of nitriles is 1. The summed E-state index contributed by atoms with van der Waals surface area (Å²) in [5.74, 6) is 0.515. The van der Waals surface area contributed by atoms with Gasteiger partial charge in [0.25, 0.3) is 5.91 Å². The molecule has 0 radical (unpaired) electrons. The van der Waals surface area contributed by atoms with Crippen LogP contribution in [0.25, 0.3) is 6.08 Å². The third-order valence-corrected chi connectivity index (χ3v) is 5.40. The van der Waals surface area contributed by atoms with Crippen LogP contribution in [0.4, 0.5) is 10.1 Å². The third kappa shape index (κ3) is 6.36. The van der Waals surface area contributed by atoms with Gasteiger partial charge in [-0.2, -0.15) is 5.26 Å². The lowest BCUT2D eigenvalue weighted by Gasteiger charge is -2.13. The lowest BCUT2D eigenvalue weighted by atomic mass is 10.1. The van der Waals surface area contributed by atoms with Gasteiger partial charge in [-0.25, -0.2) is 4.39 Å². The zero-order valence-electron chi connectivity index (χ0n) is 18.6. The maximum Gasteiger partial charge on any atom is 0.266 e. The van der Waals surface area contributed by atoms with Crippen LogP contribution in [0.2, 0.25) is 0 Å². The molecular weight excluding hydrogens is 503 g/mol. The summed E-state index contributed by atoms with van der Waals surface area (Å²) in [6.45, 7) is 2.44. The second-order valence-electron chi connectivity index (χ2n) is 6.99. The van der Waals surface area contributed by atoms with Crippen molar-refractivity contribution in [1.29, 1.82) is 5.26 Å². The summed E-state index contributed by atoms with van der Waals surface area (Å²) < 4.78 is 31.0. The van der Waals surface area contributed by atoms with E-state index in [-0.39, 0.29) is 18.0 Å². The number of benzene rings is 3. The standard InChI is InChI=1S/C26H22BrFN2O4/c1-3-33-21-10-8-20(9-11-21)30-26(31)19(15-29)12-18-13-24(32-2)25(14-22(18)27)34-16-17-6-4-5-7-23(17)28/h4-14H,3,16H2,1-2H3,(H,30,31)/b19-12-. The maximum atomic E-state index is 13.9. The zero-order chi connectivity index (χ0) is 24.5. The van der Waals surface area contributed by atoms with E-state index < -0.39 is 5.91 Å². The highest BCUT2D eigenvalue weighted by Gasteiger charge is 2.14. The number of rotatable bonds is 9. The Morgan fingerprint density at radius 2 is 1.85 bits per heavy atom. The number of nitrogens with one attached hydrogen (secondary N) is 1. The van der Waals surface area contributed by atoms with Gasteiger partial charge in [0.2, 0.25) is 0 Å². The van der Waals surface area contributed by atoms with Gasteiger partial charge in [-0.3, -0.25) is 4.79 Å². The first-order valence-electron chi connectivity index (χ1n) is 10.3. The number of amides is 1. The van der Waals surface area contributed by atoms with Gasteiger partial charge >= 0.3 is 0 Å². The summed E-state index contributed by atoms with van der Waals surface area (Å²) in [7, 11) is 1.47. The molecule has 0 saturated heterocycles. The lowest BCUT2D eigenvalue weighted by molar-refractivity contribution is -0.112. The number of halogens is 2. The molecule has 34 heavy (non-hydrogen) atoms. The molecule has 174 valence electrons. The monoisotopic (exact) mass is 524 g/mol. The van der Waals surface area contributed by atoms with Crippen LogP contribution in [0.5, 0.6) is 17.2 Å². The molecule has 3 aromatic carbocycles. The molecule has 0 aromatic heterocycles. The molecule has 0 aliphatic heterocycles. The van der Waals surface area contributed by atoms with Crippen molar-refractivity contribution in [3.8, 4) is 23.3 Å². The Bertz CT molecular complexity index is 1240. The van der Waals surface area contributed by atoms with Gasteiger partial charge in [0.15, 0.2) is 11.5 Å². The Morgan fingerprint density at radius 1 is 1.12 bits per heavy atom. The molecule has 0 saturated carbocycles. The molecule has 1 N–H and O–H groups in total. The number of carbonyl (C=O) groups is 1. The predicted molar refractivity (Wildman–Crippen MR) is 131 cm³/mol. The summed E-state index contributed by atoms with van der Waals surface area (Å²) >= 11 is 3.44. The molecule has 0 aliphatic rings. The van der Waals surface area contributed by atoms with Gasteiger partial charge in [-0.15, -0.1) is 0 Å². The number of anilines is 1. The molecule has 0 atom stereocenters. The fourth-order valence-corrected chi connectivity index (χ4v) is 3.45. The average molecular weight is 525 g/mol. The van der Waals surface area contributed by atoms with E-state index in [2.05, 4.69) is 21.2 Å².